The molecular formula is C34H31F2NO6. The highest BCUT2D eigenvalue weighted by Crippen LogP contribution is 2.52. The number of hydrogen-bond donors (Lipinski definition) is 2. The quantitative estimate of drug-likeness (QED) is 0.122. The fourth-order valence-electron chi connectivity index (χ4n) is 5.20. The average Bonchev–Trinajstić information content (AvgIpc) is 3.64. The monoisotopic (exact) mass is 587 g/mol. The lowest BCUT2D eigenvalue weighted by atomic mass is 9.92. The van der Waals surface area contributed by atoms with Crippen LogP contribution in [0.25, 0.3) is 23.1 Å². The van der Waals surface area contributed by atoms with Crippen LogP contribution in [-0.2, 0) is 22.6 Å². The molecule has 0 spiro atoms. The summed E-state index contributed by atoms with van der Waals surface area (Å²) in [6, 6.07) is 17.0. The summed E-state index contributed by atoms with van der Waals surface area (Å²) in [6.45, 7) is 0.144. The van der Waals surface area contributed by atoms with Gasteiger partial charge in [-0.1, -0.05) is 48.6 Å². The van der Waals surface area contributed by atoms with Crippen LogP contribution in [0.1, 0.15) is 36.0 Å². The predicted octanol–water partition coefficient (Wildman–Crippen LogP) is 6.99. The van der Waals surface area contributed by atoms with Crippen molar-refractivity contribution in [3.63, 3.8) is 0 Å². The lowest BCUT2D eigenvalue weighted by Crippen LogP contribution is -2.11. The van der Waals surface area contributed by atoms with Crippen LogP contribution < -0.4 is 9.47 Å². The second kappa shape index (κ2) is 12.9. The topological polar surface area (TPSA) is 98.0 Å². The molecule has 0 bridgehead atoms. The van der Waals surface area contributed by atoms with Crippen molar-refractivity contribution < 1.29 is 38.1 Å². The van der Waals surface area contributed by atoms with Crippen molar-refractivity contribution in [2.75, 3.05) is 13.2 Å². The third-order valence-electron chi connectivity index (χ3n) is 7.47. The van der Waals surface area contributed by atoms with Crippen molar-refractivity contribution in [1.82, 2.24) is 4.57 Å². The van der Waals surface area contributed by atoms with E-state index >= 15 is 0 Å². The number of nitrogens with zero attached hydrogens (tertiary/aromatic N) is 1. The maximum atomic E-state index is 13.6. The van der Waals surface area contributed by atoms with E-state index in [4.69, 9.17) is 9.47 Å². The van der Waals surface area contributed by atoms with E-state index in [-0.39, 0.29) is 37.3 Å². The number of aliphatic carboxylic acids is 2. The number of rotatable bonds is 14. The van der Waals surface area contributed by atoms with Crippen LogP contribution in [0, 0.1) is 17.0 Å². The van der Waals surface area contributed by atoms with Crippen LogP contribution in [0.4, 0.5) is 8.78 Å². The Hall–Kier alpha value is -4.92. The Bertz CT molecular complexity index is 1690. The Kier molecular flexibility index (Phi) is 8.90. The Morgan fingerprint density at radius 3 is 2.30 bits per heavy atom. The van der Waals surface area contributed by atoms with E-state index in [2.05, 4.69) is 0 Å². The molecule has 5 rings (SSSR count). The maximum Gasteiger partial charge on any atom is 0.323 e. The first-order valence-corrected chi connectivity index (χ1v) is 13.9. The summed E-state index contributed by atoms with van der Waals surface area (Å²) in [7, 11) is 0. The largest absolute Gasteiger partial charge is 0.490 e. The SMILES string of the molecule is O=C(O)Cn1cc(CC2(CC(=O)O)CC2)c2cccc(C=Cc3ccc(OC/C=C/COc4cccc(F)c4F)cc3)c21. The first-order valence-electron chi connectivity index (χ1n) is 13.9. The Labute approximate surface area is 247 Å². The molecule has 43 heavy (non-hydrogen) atoms. The molecule has 1 heterocycles. The van der Waals surface area contributed by atoms with E-state index in [1.54, 1.807) is 16.7 Å². The summed E-state index contributed by atoms with van der Waals surface area (Å²) in [5, 5.41) is 19.8. The highest BCUT2D eigenvalue weighted by molar-refractivity contribution is 5.94. The van der Waals surface area contributed by atoms with Gasteiger partial charge in [-0.05, 0) is 77.8 Å². The molecular weight excluding hydrogens is 556 g/mol. The number of carboxylic acid groups (broad SMARTS) is 2. The van der Waals surface area contributed by atoms with E-state index in [0.717, 1.165) is 46.5 Å². The maximum absolute atomic E-state index is 13.6. The standard InChI is InChI=1S/C34H31F2NO6/c35-28-7-4-8-29(32(28)36)43-18-2-1-17-42-26-13-10-23(11-14-26)9-12-24-5-3-6-27-25(19-34(15-16-34)20-30(38)39)21-37(33(24)27)22-31(40)41/h1-14,21H,15-20,22H2,(H,38,39)(H,40,41)/b2-1+,12-9?. The van der Waals surface area contributed by atoms with Gasteiger partial charge in [0.2, 0.25) is 5.82 Å². The van der Waals surface area contributed by atoms with E-state index in [9.17, 15) is 28.6 Å². The number of benzene rings is 3. The molecule has 0 saturated heterocycles. The smallest absolute Gasteiger partial charge is 0.323 e. The van der Waals surface area contributed by atoms with Gasteiger partial charge in [0.1, 0.15) is 25.5 Å². The normalized spacial score (nSPS) is 14.0. The molecule has 7 nitrogen and oxygen atoms in total. The Balaban J connectivity index is 1.23. The number of fused-ring (bicyclic) bond motifs is 1. The first kappa shape index (κ1) is 29.6. The second-order valence-electron chi connectivity index (χ2n) is 10.7. The number of halogens is 2. The third kappa shape index (κ3) is 7.48. The predicted molar refractivity (Wildman–Crippen MR) is 159 cm³/mol. The van der Waals surface area contributed by atoms with Gasteiger partial charge < -0.3 is 24.3 Å². The minimum Gasteiger partial charge on any atom is -0.490 e. The van der Waals surface area contributed by atoms with Crippen LogP contribution in [0.2, 0.25) is 0 Å². The molecule has 0 atom stereocenters. The van der Waals surface area contributed by atoms with Gasteiger partial charge in [0, 0.05) is 11.6 Å². The zero-order chi connectivity index (χ0) is 30.4. The van der Waals surface area contributed by atoms with Gasteiger partial charge in [-0.15, -0.1) is 0 Å². The van der Waals surface area contributed by atoms with Gasteiger partial charge in [0.25, 0.3) is 0 Å². The fourth-order valence-corrected chi connectivity index (χ4v) is 5.20. The van der Waals surface area contributed by atoms with Gasteiger partial charge in [-0.3, -0.25) is 9.59 Å². The number of ether oxygens (including phenoxy) is 2. The van der Waals surface area contributed by atoms with E-state index in [0.29, 0.717) is 12.2 Å². The summed E-state index contributed by atoms with van der Waals surface area (Å²) >= 11 is 0. The minimum absolute atomic E-state index is 0.0702. The highest BCUT2D eigenvalue weighted by Gasteiger charge is 2.44. The molecule has 2 N–H and O–H groups in total. The average molecular weight is 588 g/mol. The van der Waals surface area contributed by atoms with Crippen molar-refractivity contribution >= 4 is 35.0 Å². The number of carboxylic acids is 2. The summed E-state index contributed by atoms with van der Waals surface area (Å²) in [5.74, 6) is -3.24. The number of para-hydroxylation sites is 1. The summed E-state index contributed by atoms with van der Waals surface area (Å²) in [6.07, 6.45) is 11.5. The lowest BCUT2D eigenvalue weighted by Gasteiger charge is -2.11. The van der Waals surface area contributed by atoms with Crippen LogP contribution in [0.15, 0.2) is 79.0 Å². The van der Waals surface area contributed by atoms with Crippen molar-refractivity contribution in [3.8, 4) is 11.5 Å². The molecule has 1 fully saturated rings. The molecule has 0 unspecified atom stereocenters. The number of hydrogen-bond acceptors (Lipinski definition) is 4. The van der Waals surface area contributed by atoms with Crippen molar-refractivity contribution in [1.29, 1.82) is 0 Å². The fraction of sp³-hybridized carbons (Fsp3) is 0.235. The molecule has 4 aromatic rings. The molecule has 0 amide bonds. The van der Waals surface area contributed by atoms with Gasteiger partial charge in [-0.2, -0.15) is 4.39 Å². The molecule has 9 heteroatoms. The van der Waals surface area contributed by atoms with Gasteiger partial charge >= 0.3 is 11.9 Å². The molecule has 1 aliphatic carbocycles. The minimum atomic E-state index is -1.02. The third-order valence-corrected chi connectivity index (χ3v) is 7.47. The number of aromatic nitrogens is 1. The van der Waals surface area contributed by atoms with Crippen LogP contribution in [0.3, 0.4) is 0 Å². The second-order valence-corrected chi connectivity index (χ2v) is 10.7. The van der Waals surface area contributed by atoms with Gasteiger partial charge in [0.15, 0.2) is 11.6 Å². The molecule has 1 aliphatic rings. The van der Waals surface area contributed by atoms with E-state index in [1.165, 1.54) is 12.1 Å². The van der Waals surface area contributed by atoms with Crippen molar-refractivity contribution in [3.05, 3.63) is 107 Å². The molecule has 3 aromatic carbocycles. The Morgan fingerprint density at radius 2 is 1.60 bits per heavy atom. The summed E-state index contributed by atoms with van der Waals surface area (Å²) in [4.78, 5) is 23.0. The van der Waals surface area contributed by atoms with E-state index in [1.807, 2.05) is 60.8 Å². The van der Waals surface area contributed by atoms with Crippen molar-refractivity contribution in [2.24, 2.45) is 5.41 Å². The Morgan fingerprint density at radius 1 is 0.884 bits per heavy atom. The highest BCUT2D eigenvalue weighted by atomic mass is 19.2. The zero-order valence-corrected chi connectivity index (χ0v) is 23.3. The van der Waals surface area contributed by atoms with Gasteiger partial charge in [0.05, 0.1) is 11.9 Å². The summed E-state index contributed by atoms with van der Waals surface area (Å²) in [5.41, 5.74) is 3.29. The first-order chi connectivity index (χ1) is 20.7. The molecule has 0 radical (unpaired) electrons. The van der Waals surface area contributed by atoms with E-state index < -0.39 is 23.6 Å². The molecule has 0 aliphatic heterocycles. The van der Waals surface area contributed by atoms with Gasteiger partial charge in [-0.25, -0.2) is 4.39 Å². The molecule has 1 saturated carbocycles. The van der Waals surface area contributed by atoms with Crippen LogP contribution >= 0.6 is 0 Å². The lowest BCUT2D eigenvalue weighted by molar-refractivity contribution is -0.139. The van der Waals surface area contributed by atoms with Crippen molar-refractivity contribution in [2.45, 2.75) is 32.2 Å². The zero-order valence-electron chi connectivity index (χ0n) is 23.3. The van der Waals surface area contributed by atoms with Crippen LogP contribution in [0.5, 0.6) is 11.5 Å². The summed E-state index contributed by atoms with van der Waals surface area (Å²) < 4.78 is 39.5. The molecule has 1 aromatic heterocycles. The molecule has 222 valence electrons. The van der Waals surface area contributed by atoms with Crippen LogP contribution in [-0.4, -0.2) is 39.9 Å². The number of carbonyl (C=O) groups is 2.